The molecule has 114 valence electrons. The van der Waals surface area contributed by atoms with Crippen LogP contribution in [0.4, 0.5) is 18.9 Å². The number of anilines is 1. The summed E-state index contributed by atoms with van der Waals surface area (Å²) in [5.74, 6) is 0. The number of nitrogens with two attached hydrogens (primary N) is 1. The molecule has 7 heteroatoms. The van der Waals surface area contributed by atoms with Gasteiger partial charge in [0.15, 0.2) is 5.69 Å². The lowest BCUT2D eigenvalue weighted by Crippen LogP contribution is -2.20. The molecule has 1 atom stereocenters. The summed E-state index contributed by atoms with van der Waals surface area (Å²) in [6.45, 7) is 3.54. The zero-order valence-corrected chi connectivity index (χ0v) is 11.7. The lowest BCUT2D eigenvalue weighted by Gasteiger charge is -2.18. The molecule has 1 aromatic heterocycles. The molecule has 4 nitrogen and oxygen atoms in total. The van der Waals surface area contributed by atoms with Crippen LogP contribution in [0.1, 0.15) is 25.8 Å². The normalized spacial score (nSPS) is 13.4. The van der Waals surface area contributed by atoms with Gasteiger partial charge in [-0.1, -0.05) is 12.1 Å². The largest absolute Gasteiger partial charge is 0.433 e. The van der Waals surface area contributed by atoms with Crippen LogP contribution in [0.25, 0.3) is 11.1 Å². The zero-order chi connectivity index (χ0) is 15.6. The van der Waals surface area contributed by atoms with Gasteiger partial charge < -0.3 is 10.5 Å². The molecule has 0 saturated heterocycles. The molecule has 1 unspecified atom stereocenters. The van der Waals surface area contributed by atoms with Crippen molar-refractivity contribution in [3.63, 3.8) is 0 Å². The highest BCUT2D eigenvalue weighted by atomic mass is 19.4. The molecule has 0 radical (unpaired) electrons. The molecule has 0 aliphatic rings. The Labute approximate surface area is 120 Å². The Kier molecular flexibility index (Phi) is 4.22. The summed E-state index contributed by atoms with van der Waals surface area (Å²) < 4.78 is 46.2. The topological polar surface area (TPSA) is 53.1 Å². The van der Waals surface area contributed by atoms with E-state index in [1.54, 1.807) is 19.1 Å². The molecule has 0 spiro atoms. The van der Waals surface area contributed by atoms with Crippen LogP contribution in [0, 0.1) is 0 Å². The maximum atomic E-state index is 13.4. The van der Waals surface area contributed by atoms with E-state index in [0.717, 1.165) is 4.68 Å². The molecule has 2 rings (SSSR count). The molecule has 0 aliphatic carbocycles. The Bertz CT molecular complexity index is 605. The molecular weight excluding hydrogens is 283 g/mol. The van der Waals surface area contributed by atoms with E-state index in [-0.39, 0.29) is 5.56 Å². The van der Waals surface area contributed by atoms with Gasteiger partial charge in [0.05, 0.1) is 6.20 Å². The van der Waals surface area contributed by atoms with Gasteiger partial charge in [0.2, 0.25) is 0 Å². The van der Waals surface area contributed by atoms with E-state index < -0.39 is 18.1 Å². The van der Waals surface area contributed by atoms with Crippen LogP contribution in [0.5, 0.6) is 0 Å². The lowest BCUT2D eigenvalue weighted by atomic mass is 10.1. The Balaban J connectivity index is 2.54. The number of rotatable bonds is 4. The van der Waals surface area contributed by atoms with Crippen LogP contribution in [-0.2, 0) is 10.9 Å². The minimum atomic E-state index is -4.53. The molecule has 1 heterocycles. The van der Waals surface area contributed by atoms with E-state index in [9.17, 15) is 13.2 Å². The number of nitrogen functional groups attached to an aromatic ring is 1. The number of aromatic nitrogens is 2. The number of ether oxygens (including phenoxy) is 1. The van der Waals surface area contributed by atoms with Gasteiger partial charge in [0.1, 0.15) is 6.23 Å². The number of halogens is 3. The number of benzene rings is 1. The fraction of sp³-hybridized carbons (Fsp3) is 0.357. The van der Waals surface area contributed by atoms with Crippen molar-refractivity contribution < 1.29 is 17.9 Å². The van der Waals surface area contributed by atoms with Gasteiger partial charge in [0.25, 0.3) is 0 Å². The van der Waals surface area contributed by atoms with Crippen molar-refractivity contribution in [2.45, 2.75) is 26.3 Å². The summed E-state index contributed by atoms with van der Waals surface area (Å²) in [6.07, 6.45) is -4.13. The maximum Gasteiger partial charge on any atom is 0.433 e. The monoisotopic (exact) mass is 299 g/mol. The molecule has 1 aromatic carbocycles. The third-order valence-electron chi connectivity index (χ3n) is 3.04. The molecule has 0 saturated carbocycles. The van der Waals surface area contributed by atoms with Gasteiger partial charge in [-0.05, 0) is 31.5 Å². The minimum Gasteiger partial charge on any atom is -0.399 e. The number of alkyl halides is 3. The molecule has 0 amide bonds. The van der Waals surface area contributed by atoms with Crippen molar-refractivity contribution in [3.8, 4) is 11.1 Å². The standard InChI is InChI=1S/C14H16F3N3O/c1-3-21-9(2)20-13(14(15,16)17)12(8-19-20)10-4-6-11(18)7-5-10/h4-9H,3,18H2,1-2H3. The molecular formula is C14H16F3N3O. The molecule has 2 aromatic rings. The van der Waals surface area contributed by atoms with Gasteiger partial charge in [0, 0.05) is 17.9 Å². The SMILES string of the molecule is CCOC(C)n1ncc(-c2ccc(N)cc2)c1C(F)(F)F. The van der Waals surface area contributed by atoms with Crippen LogP contribution in [0.2, 0.25) is 0 Å². The van der Waals surface area contributed by atoms with Crippen molar-refractivity contribution in [2.24, 2.45) is 0 Å². The Morgan fingerprint density at radius 1 is 1.29 bits per heavy atom. The number of hydrogen-bond acceptors (Lipinski definition) is 3. The maximum absolute atomic E-state index is 13.4. The second-order valence-electron chi connectivity index (χ2n) is 4.53. The summed E-state index contributed by atoms with van der Waals surface area (Å²) in [7, 11) is 0. The highest BCUT2D eigenvalue weighted by Gasteiger charge is 2.39. The highest BCUT2D eigenvalue weighted by Crippen LogP contribution is 2.38. The van der Waals surface area contributed by atoms with Crippen molar-refractivity contribution in [1.82, 2.24) is 9.78 Å². The summed E-state index contributed by atoms with van der Waals surface area (Å²) in [5, 5.41) is 3.84. The van der Waals surface area contributed by atoms with E-state index in [0.29, 0.717) is 17.9 Å². The van der Waals surface area contributed by atoms with Gasteiger partial charge >= 0.3 is 6.18 Å². The average molecular weight is 299 g/mol. The zero-order valence-electron chi connectivity index (χ0n) is 11.7. The van der Waals surface area contributed by atoms with Crippen LogP contribution in [0.3, 0.4) is 0 Å². The van der Waals surface area contributed by atoms with Crippen molar-refractivity contribution in [2.75, 3.05) is 12.3 Å². The van der Waals surface area contributed by atoms with E-state index >= 15 is 0 Å². The first-order chi connectivity index (χ1) is 9.84. The quantitative estimate of drug-likeness (QED) is 0.876. The average Bonchev–Trinajstić information content (AvgIpc) is 2.84. The fourth-order valence-corrected chi connectivity index (χ4v) is 2.11. The van der Waals surface area contributed by atoms with Crippen molar-refractivity contribution in [3.05, 3.63) is 36.2 Å². The van der Waals surface area contributed by atoms with E-state index in [4.69, 9.17) is 10.5 Å². The van der Waals surface area contributed by atoms with Gasteiger partial charge in [-0.3, -0.25) is 0 Å². The number of hydrogen-bond donors (Lipinski definition) is 1. The summed E-state index contributed by atoms with van der Waals surface area (Å²) in [4.78, 5) is 0. The van der Waals surface area contributed by atoms with Crippen LogP contribution in [-0.4, -0.2) is 16.4 Å². The predicted molar refractivity (Wildman–Crippen MR) is 73.4 cm³/mol. The lowest BCUT2D eigenvalue weighted by molar-refractivity contribution is -0.148. The molecule has 0 fully saturated rings. The van der Waals surface area contributed by atoms with Crippen LogP contribution in [0.15, 0.2) is 30.5 Å². The van der Waals surface area contributed by atoms with E-state index in [1.165, 1.54) is 25.3 Å². The third kappa shape index (κ3) is 3.18. The van der Waals surface area contributed by atoms with Crippen molar-refractivity contribution >= 4 is 5.69 Å². The van der Waals surface area contributed by atoms with Crippen molar-refractivity contribution in [1.29, 1.82) is 0 Å². The number of nitrogens with zero attached hydrogens (tertiary/aromatic N) is 2. The first-order valence-electron chi connectivity index (χ1n) is 6.46. The first kappa shape index (κ1) is 15.4. The second kappa shape index (κ2) is 5.77. The Morgan fingerprint density at radius 2 is 1.90 bits per heavy atom. The van der Waals surface area contributed by atoms with E-state index in [1.807, 2.05) is 0 Å². The summed E-state index contributed by atoms with van der Waals surface area (Å²) >= 11 is 0. The predicted octanol–water partition coefficient (Wildman–Crippen LogP) is 3.71. The Hall–Kier alpha value is -2.02. The summed E-state index contributed by atoms with van der Waals surface area (Å²) in [6, 6.07) is 6.19. The fourth-order valence-electron chi connectivity index (χ4n) is 2.11. The molecule has 0 aliphatic heterocycles. The third-order valence-corrected chi connectivity index (χ3v) is 3.04. The Morgan fingerprint density at radius 3 is 2.43 bits per heavy atom. The van der Waals surface area contributed by atoms with Gasteiger partial charge in [-0.2, -0.15) is 18.3 Å². The minimum absolute atomic E-state index is 0.00838. The second-order valence-corrected chi connectivity index (χ2v) is 4.53. The highest BCUT2D eigenvalue weighted by molar-refractivity contribution is 5.67. The summed E-state index contributed by atoms with van der Waals surface area (Å²) in [5.41, 5.74) is 5.64. The molecule has 21 heavy (non-hydrogen) atoms. The van der Waals surface area contributed by atoms with Crippen LogP contribution >= 0.6 is 0 Å². The van der Waals surface area contributed by atoms with E-state index in [2.05, 4.69) is 5.10 Å². The van der Waals surface area contributed by atoms with Crippen LogP contribution < -0.4 is 5.73 Å². The molecule has 0 bridgehead atoms. The first-order valence-corrected chi connectivity index (χ1v) is 6.46. The smallest absolute Gasteiger partial charge is 0.399 e. The van der Waals surface area contributed by atoms with Gasteiger partial charge in [-0.15, -0.1) is 0 Å². The van der Waals surface area contributed by atoms with Gasteiger partial charge in [-0.25, -0.2) is 4.68 Å². The molecule has 2 N–H and O–H groups in total.